The van der Waals surface area contributed by atoms with E-state index in [0.29, 0.717) is 18.2 Å². The summed E-state index contributed by atoms with van der Waals surface area (Å²) in [6.45, 7) is 4.83. The number of hydrogen-bond donors (Lipinski definition) is 1. The van der Waals surface area contributed by atoms with Crippen LogP contribution in [-0.2, 0) is 6.54 Å². The topological polar surface area (TPSA) is 46.9 Å². The lowest BCUT2D eigenvalue weighted by molar-refractivity contribution is 0.102. The van der Waals surface area contributed by atoms with Crippen LogP contribution in [0.3, 0.4) is 0 Å². The van der Waals surface area contributed by atoms with E-state index in [4.69, 9.17) is 11.6 Å². The molecule has 0 radical (unpaired) electrons. The van der Waals surface area contributed by atoms with Crippen molar-refractivity contribution in [2.75, 3.05) is 5.32 Å². The van der Waals surface area contributed by atoms with Crippen LogP contribution in [0.4, 0.5) is 10.1 Å². The molecule has 0 saturated heterocycles. The zero-order valence-electron chi connectivity index (χ0n) is 14.5. The number of amides is 1. The Balaban J connectivity index is 1.77. The number of carbonyl (C=O) groups is 1. The van der Waals surface area contributed by atoms with Gasteiger partial charge in [-0.25, -0.2) is 9.37 Å². The average Bonchev–Trinajstić information content (AvgIpc) is 3.03. The lowest BCUT2D eigenvalue weighted by Gasteiger charge is -2.12. The molecule has 0 bridgehead atoms. The molecule has 1 heterocycles. The minimum atomic E-state index is -0.647. The smallest absolute Gasteiger partial charge is 0.258 e. The molecule has 0 atom stereocenters. The van der Waals surface area contributed by atoms with Gasteiger partial charge in [0.2, 0.25) is 0 Å². The second kappa shape index (κ2) is 7.70. The largest absolute Gasteiger partial charge is 0.330 e. The van der Waals surface area contributed by atoms with Gasteiger partial charge >= 0.3 is 0 Å². The number of nitrogens with zero attached hydrogens (tertiary/aromatic N) is 2. The first kappa shape index (κ1) is 18.1. The molecule has 0 fully saturated rings. The van der Waals surface area contributed by atoms with Gasteiger partial charge < -0.3 is 9.88 Å². The molecule has 1 N–H and O–H groups in total. The van der Waals surface area contributed by atoms with Crippen LogP contribution < -0.4 is 5.32 Å². The maximum atomic E-state index is 13.9. The Labute approximate surface area is 156 Å². The predicted molar refractivity (Wildman–Crippen MR) is 101 cm³/mol. The quantitative estimate of drug-likeness (QED) is 0.678. The van der Waals surface area contributed by atoms with E-state index in [0.717, 1.165) is 17.5 Å². The van der Waals surface area contributed by atoms with E-state index >= 15 is 0 Å². The molecule has 3 rings (SSSR count). The molecule has 0 aliphatic carbocycles. The van der Waals surface area contributed by atoms with E-state index in [1.165, 1.54) is 12.1 Å². The predicted octanol–water partition coefficient (Wildman–Crippen LogP) is 5.10. The van der Waals surface area contributed by atoms with Crippen LogP contribution in [0.2, 0.25) is 5.02 Å². The van der Waals surface area contributed by atoms with Crippen LogP contribution >= 0.6 is 11.6 Å². The number of hydrogen-bond acceptors (Lipinski definition) is 2. The number of imidazole rings is 1. The van der Waals surface area contributed by atoms with Crippen molar-refractivity contribution in [3.8, 4) is 0 Å². The summed E-state index contributed by atoms with van der Waals surface area (Å²) in [6.07, 6.45) is 3.72. The molecule has 0 saturated carbocycles. The molecule has 1 aromatic heterocycles. The van der Waals surface area contributed by atoms with Crippen molar-refractivity contribution >= 4 is 23.2 Å². The van der Waals surface area contributed by atoms with Crippen LogP contribution in [0.1, 0.15) is 41.5 Å². The van der Waals surface area contributed by atoms with Crippen LogP contribution in [-0.4, -0.2) is 15.5 Å². The Hall–Kier alpha value is -2.66. The molecule has 134 valence electrons. The van der Waals surface area contributed by atoms with Gasteiger partial charge in [-0.15, -0.1) is 0 Å². The van der Waals surface area contributed by atoms with Crippen molar-refractivity contribution in [2.45, 2.75) is 26.3 Å². The molecule has 0 aliphatic rings. The van der Waals surface area contributed by atoms with Crippen LogP contribution in [0.5, 0.6) is 0 Å². The summed E-state index contributed by atoms with van der Waals surface area (Å²) in [6, 6.07) is 11.5. The SMILES string of the molecule is CC(C)c1nccn1Cc1cccc(NC(=O)c2ccc(Cl)cc2F)c1. The highest BCUT2D eigenvalue weighted by atomic mass is 35.5. The van der Waals surface area contributed by atoms with E-state index in [1.807, 2.05) is 24.4 Å². The standard InChI is InChI=1S/C20H19ClFN3O/c1-13(2)19-23-8-9-25(19)12-14-4-3-5-16(10-14)24-20(26)17-7-6-15(21)11-18(17)22/h3-11,13H,12H2,1-2H3,(H,24,26). The minimum Gasteiger partial charge on any atom is -0.330 e. The number of halogens is 2. The highest BCUT2D eigenvalue weighted by Crippen LogP contribution is 2.19. The highest BCUT2D eigenvalue weighted by molar-refractivity contribution is 6.30. The van der Waals surface area contributed by atoms with Crippen molar-refractivity contribution in [3.05, 3.63) is 82.6 Å². The van der Waals surface area contributed by atoms with Crippen molar-refractivity contribution in [3.63, 3.8) is 0 Å². The van der Waals surface area contributed by atoms with Crippen molar-refractivity contribution in [1.29, 1.82) is 0 Å². The maximum absolute atomic E-state index is 13.9. The number of anilines is 1. The summed E-state index contributed by atoms with van der Waals surface area (Å²) in [4.78, 5) is 16.7. The van der Waals surface area contributed by atoms with Crippen LogP contribution in [0.15, 0.2) is 54.9 Å². The molecular formula is C20H19ClFN3O. The van der Waals surface area contributed by atoms with Crippen molar-refractivity contribution in [2.24, 2.45) is 0 Å². The summed E-state index contributed by atoms with van der Waals surface area (Å²) in [5.74, 6) is 0.163. The Morgan fingerprint density at radius 2 is 2.08 bits per heavy atom. The lowest BCUT2D eigenvalue weighted by Crippen LogP contribution is -2.14. The Morgan fingerprint density at radius 3 is 2.81 bits per heavy atom. The Bertz CT molecular complexity index is 936. The van der Waals surface area contributed by atoms with Crippen LogP contribution in [0.25, 0.3) is 0 Å². The number of aromatic nitrogens is 2. The van der Waals surface area contributed by atoms with E-state index in [-0.39, 0.29) is 10.6 Å². The van der Waals surface area contributed by atoms with E-state index in [1.54, 1.807) is 12.3 Å². The van der Waals surface area contributed by atoms with Gasteiger partial charge in [0.25, 0.3) is 5.91 Å². The molecule has 2 aromatic carbocycles. The van der Waals surface area contributed by atoms with Gasteiger partial charge in [0.05, 0.1) is 5.56 Å². The monoisotopic (exact) mass is 371 g/mol. The molecule has 0 aliphatic heterocycles. The van der Waals surface area contributed by atoms with Gasteiger partial charge in [-0.1, -0.05) is 37.6 Å². The molecular weight excluding hydrogens is 353 g/mol. The van der Waals surface area contributed by atoms with Gasteiger partial charge in [-0.3, -0.25) is 4.79 Å². The van der Waals surface area contributed by atoms with Gasteiger partial charge in [0.15, 0.2) is 0 Å². The second-order valence-electron chi connectivity index (χ2n) is 6.35. The maximum Gasteiger partial charge on any atom is 0.258 e. The third kappa shape index (κ3) is 4.11. The van der Waals surface area contributed by atoms with Gasteiger partial charge in [0, 0.05) is 35.6 Å². The van der Waals surface area contributed by atoms with Gasteiger partial charge in [-0.05, 0) is 35.9 Å². The second-order valence-corrected chi connectivity index (χ2v) is 6.78. The number of carbonyl (C=O) groups excluding carboxylic acids is 1. The molecule has 6 heteroatoms. The third-order valence-electron chi connectivity index (χ3n) is 3.98. The number of nitrogens with one attached hydrogen (secondary N) is 1. The first-order chi connectivity index (χ1) is 12.4. The molecule has 0 spiro atoms. The van der Waals surface area contributed by atoms with E-state index < -0.39 is 11.7 Å². The summed E-state index contributed by atoms with van der Waals surface area (Å²) >= 11 is 5.73. The summed E-state index contributed by atoms with van der Waals surface area (Å²) < 4.78 is 16.0. The van der Waals surface area contributed by atoms with Crippen molar-refractivity contribution < 1.29 is 9.18 Å². The Morgan fingerprint density at radius 1 is 1.27 bits per heavy atom. The molecule has 26 heavy (non-hydrogen) atoms. The van der Waals surface area contributed by atoms with Crippen LogP contribution in [0, 0.1) is 5.82 Å². The first-order valence-corrected chi connectivity index (χ1v) is 8.68. The average molecular weight is 372 g/mol. The van der Waals surface area contributed by atoms with E-state index in [9.17, 15) is 9.18 Å². The van der Waals surface area contributed by atoms with Gasteiger partial charge in [-0.2, -0.15) is 0 Å². The molecule has 0 unspecified atom stereocenters. The normalized spacial score (nSPS) is 11.0. The fourth-order valence-electron chi connectivity index (χ4n) is 2.77. The third-order valence-corrected chi connectivity index (χ3v) is 4.21. The first-order valence-electron chi connectivity index (χ1n) is 8.30. The zero-order chi connectivity index (χ0) is 18.7. The number of rotatable bonds is 5. The molecule has 1 amide bonds. The summed E-state index contributed by atoms with van der Waals surface area (Å²) in [7, 11) is 0. The zero-order valence-corrected chi connectivity index (χ0v) is 15.3. The summed E-state index contributed by atoms with van der Waals surface area (Å²) in [5.41, 5.74) is 1.57. The van der Waals surface area contributed by atoms with Crippen molar-refractivity contribution in [1.82, 2.24) is 9.55 Å². The van der Waals surface area contributed by atoms with E-state index in [2.05, 4.69) is 28.7 Å². The fraction of sp³-hybridized carbons (Fsp3) is 0.200. The van der Waals surface area contributed by atoms with Gasteiger partial charge in [0.1, 0.15) is 11.6 Å². The molecule has 4 nitrogen and oxygen atoms in total. The minimum absolute atomic E-state index is 0.0449. The fourth-order valence-corrected chi connectivity index (χ4v) is 2.93. The highest BCUT2D eigenvalue weighted by Gasteiger charge is 2.13. The lowest BCUT2D eigenvalue weighted by atomic mass is 10.1. The number of benzene rings is 2. The summed E-state index contributed by atoms with van der Waals surface area (Å²) in [5, 5.41) is 2.98. The molecule has 3 aromatic rings. The Kier molecular flexibility index (Phi) is 5.38.